The van der Waals surface area contributed by atoms with Gasteiger partial charge in [0, 0.05) is 0 Å². The molecule has 21 heavy (non-hydrogen) atoms. The molecule has 2 rings (SSSR count). The van der Waals surface area contributed by atoms with Crippen molar-refractivity contribution in [3.8, 4) is 17.2 Å². The average Bonchev–Trinajstić information content (AvgIpc) is 2.53. The number of benzene rings is 2. The third kappa shape index (κ3) is 3.66. The van der Waals surface area contributed by atoms with E-state index in [1.54, 1.807) is 49.6 Å². The van der Waals surface area contributed by atoms with E-state index in [0.717, 1.165) is 11.3 Å². The van der Waals surface area contributed by atoms with E-state index in [9.17, 15) is 4.79 Å². The van der Waals surface area contributed by atoms with Gasteiger partial charge in [-0.3, -0.25) is 0 Å². The van der Waals surface area contributed by atoms with Crippen LogP contribution in [0.5, 0.6) is 17.2 Å². The van der Waals surface area contributed by atoms with Gasteiger partial charge >= 0.3 is 5.97 Å². The number of carbonyl (C=O) groups is 1. The van der Waals surface area contributed by atoms with Gasteiger partial charge in [-0.1, -0.05) is 6.07 Å². The maximum atomic E-state index is 11.1. The van der Waals surface area contributed by atoms with E-state index in [1.807, 2.05) is 0 Å². The lowest BCUT2D eigenvalue weighted by Gasteiger charge is -2.10. The van der Waals surface area contributed by atoms with Gasteiger partial charge in [-0.25, -0.2) is 4.79 Å². The van der Waals surface area contributed by atoms with Crippen molar-refractivity contribution in [3.05, 3.63) is 53.6 Å². The summed E-state index contributed by atoms with van der Waals surface area (Å²) in [4.78, 5) is 11.1. The number of aromatic carboxylic acids is 1. The van der Waals surface area contributed by atoms with Crippen LogP contribution in [0, 0.1) is 0 Å². The minimum Gasteiger partial charge on any atom is -0.497 e. The molecule has 1 N–H and O–H groups in total. The van der Waals surface area contributed by atoms with E-state index >= 15 is 0 Å². The lowest BCUT2D eigenvalue weighted by Crippen LogP contribution is -2.03. The van der Waals surface area contributed by atoms with Crippen LogP contribution < -0.4 is 14.2 Å². The molecular weight excluding hydrogens is 272 g/mol. The van der Waals surface area contributed by atoms with Crippen LogP contribution in [0.4, 0.5) is 0 Å². The third-order valence-corrected chi connectivity index (χ3v) is 2.96. The molecule has 0 aliphatic heterocycles. The number of hydrogen-bond donors (Lipinski definition) is 1. The molecule has 0 aromatic heterocycles. The first-order valence-electron chi connectivity index (χ1n) is 6.31. The Morgan fingerprint density at radius 3 is 2.24 bits per heavy atom. The van der Waals surface area contributed by atoms with Gasteiger partial charge in [-0.15, -0.1) is 0 Å². The van der Waals surface area contributed by atoms with Crippen LogP contribution in [-0.2, 0) is 6.61 Å². The molecule has 2 aromatic carbocycles. The normalized spacial score (nSPS) is 10.0. The smallest absolute Gasteiger partial charge is 0.339 e. The van der Waals surface area contributed by atoms with Gasteiger partial charge in [0.25, 0.3) is 0 Å². The van der Waals surface area contributed by atoms with E-state index in [-0.39, 0.29) is 12.2 Å². The van der Waals surface area contributed by atoms with E-state index in [2.05, 4.69) is 0 Å². The Morgan fingerprint density at radius 1 is 1.00 bits per heavy atom. The third-order valence-electron chi connectivity index (χ3n) is 2.96. The lowest BCUT2D eigenvalue weighted by atomic mass is 10.1. The molecule has 0 aliphatic rings. The molecule has 2 aromatic rings. The predicted molar refractivity (Wildman–Crippen MR) is 77.3 cm³/mol. The van der Waals surface area contributed by atoms with Crippen LogP contribution in [-0.4, -0.2) is 25.3 Å². The van der Waals surface area contributed by atoms with Crippen LogP contribution in [0.2, 0.25) is 0 Å². The minimum atomic E-state index is -1.03. The van der Waals surface area contributed by atoms with Crippen molar-refractivity contribution in [2.45, 2.75) is 6.61 Å². The standard InChI is InChI=1S/C16H16O5/c1-19-12-4-6-13(7-5-12)21-10-11-3-8-15(20-2)14(9-11)16(17)18/h3-9H,10H2,1-2H3,(H,17,18). The fraction of sp³-hybridized carbons (Fsp3) is 0.188. The first kappa shape index (κ1) is 14.7. The first-order chi connectivity index (χ1) is 10.1. The molecule has 0 saturated heterocycles. The zero-order valence-corrected chi connectivity index (χ0v) is 11.8. The van der Waals surface area contributed by atoms with Gasteiger partial charge in [0.2, 0.25) is 0 Å². The molecule has 0 aliphatic carbocycles. The molecule has 0 heterocycles. The van der Waals surface area contributed by atoms with Crippen LogP contribution in [0.15, 0.2) is 42.5 Å². The fourth-order valence-electron chi connectivity index (χ4n) is 1.85. The maximum Gasteiger partial charge on any atom is 0.339 e. The number of rotatable bonds is 6. The maximum absolute atomic E-state index is 11.1. The van der Waals surface area contributed by atoms with E-state index < -0.39 is 5.97 Å². The van der Waals surface area contributed by atoms with Gasteiger partial charge < -0.3 is 19.3 Å². The number of methoxy groups -OCH3 is 2. The highest BCUT2D eigenvalue weighted by Crippen LogP contribution is 2.22. The number of carboxylic acid groups (broad SMARTS) is 1. The Balaban J connectivity index is 2.08. The lowest BCUT2D eigenvalue weighted by molar-refractivity contribution is 0.0693. The van der Waals surface area contributed by atoms with Gasteiger partial charge in [-0.2, -0.15) is 0 Å². The van der Waals surface area contributed by atoms with Crippen molar-refractivity contribution >= 4 is 5.97 Å². The second-order valence-electron chi connectivity index (χ2n) is 4.30. The summed E-state index contributed by atoms with van der Waals surface area (Å²) in [6.07, 6.45) is 0. The molecular formula is C16H16O5. The largest absolute Gasteiger partial charge is 0.497 e. The molecule has 0 radical (unpaired) electrons. The predicted octanol–water partition coefficient (Wildman–Crippen LogP) is 2.98. The summed E-state index contributed by atoms with van der Waals surface area (Å²) in [5, 5.41) is 9.13. The molecule has 5 nitrogen and oxygen atoms in total. The highest BCUT2D eigenvalue weighted by atomic mass is 16.5. The first-order valence-corrected chi connectivity index (χ1v) is 6.31. The van der Waals surface area contributed by atoms with Crippen LogP contribution in [0.3, 0.4) is 0 Å². The molecule has 110 valence electrons. The number of carboxylic acids is 1. The molecule has 0 amide bonds. The highest BCUT2D eigenvalue weighted by molar-refractivity contribution is 5.91. The van der Waals surface area contributed by atoms with Crippen molar-refractivity contribution in [1.29, 1.82) is 0 Å². The van der Waals surface area contributed by atoms with Crippen molar-refractivity contribution in [2.24, 2.45) is 0 Å². The second kappa shape index (κ2) is 6.65. The number of ether oxygens (including phenoxy) is 3. The summed E-state index contributed by atoms with van der Waals surface area (Å²) in [7, 11) is 3.04. The van der Waals surface area contributed by atoms with Gasteiger partial charge in [0.05, 0.1) is 14.2 Å². The Kier molecular flexibility index (Phi) is 4.66. The fourth-order valence-corrected chi connectivity index (χ4v) is 1.85. The topological polar surface area (TPSA) is 65.0 Å². The summed E-state index contributed by atoms with van der Waals surface area (Å²) in [5.41, 5.74) is 0.873. The van der Waals surface area contributed by atoms with Gasteiger partial charge in [0.15, 0.2) is 0 Å². The molecule has 0 bridgehead atoms. The Bertz CT molecular complexity index is 619. The quantitative estimate of drug-likeness (QED) is 0.885. The Hall–Kier alpha value is -2.69. The monoisotopic (exact) mass is 288 g/mol. The highest BCUT2D eigenvalue weighted by Gasteiger charge is 2.11. The van der Waals surface area contributed by atoms with E-state index in [0.29, 0.717) is 11.5 Å². The molecule has 0 fully saturated rings. The number of hydrogen-bond acceptors (Lipinski definition) is 4. The molecule has 0 saturated carbocycles. The van der Waals surface area contributed by atoms with Crippen LogP contribution in [0.25, 0.3) is 0 Å². The summed E-state index contributed by atoms with van der Waals surface area (Å²) >= 11 is 0. The average molecular weight is 288 g/mol. The minimum absolute atomic E-state index is 0.119. The summed E-state index contributed by atoms with van der Waals surface area (Å²) in [6, 6.07) is 12.1. The molecule has 0 spiro atoms. The van der Waals surface area contributed by atoms with Crippen LogP contribution in [0.1, 0.15) is 15.9 Å². The van der Waals surface area contributed by atoms with Crippen molar-refractivity contribution in [1.82, 2.24) is 0 Å². The van der Waals surface area contributed by atoms with E-state index in [4.69, 9.17) is 19.3 Å². The summed E-state index contributed by atoms with van der Waals surface area (Å²) in [6.45, 7) is 0.274. The van der Waals surface area contributed by atoms with Gasteiger partial charge in [-0.05, 0) is 42.0 Å². The Morgan fingerprint density at radius 2 is 1.67 bits per heavy atom. The molecule has 0 unspecified atom stereocenters. The van der Waals surface area contributed by atoms with E-state index in [1.165, 1.54) is 7.11 Å². The van der Waals surface area contributed by atoms with Gasteiger partial charge in [0.1, 0.15) is 29.4 Å². The zero-order chi connectivity index (χ0) is 15.2. The SMILES string of the molecule is COc1ccc(OCc2ccc(OC)c(C(=O)O)c2)cc1. The van der Waals surface area contributed by atoms with Crippen molar-refractivity contribution in [3.63, 3.8) is 0 Å². The Labute approximate surface area is 122 Å². The van der Waals surface area contributed by atoms with Crippen molar-refractivity contribution < 1.29 is 24.1 Å². The summed E-state index contributed by atoms with van der Waals surface area (Å²) < 4.78 is 15.7. The molecule has 5 heteroatoms. The molecule has 0 atom stereocenters. The second-order valence-corrected chi connectivity index (χ2v) is 4.30. The van der Waals surface area contributed by atoms with Crippen LogP contribution >= 0.6 is 0 Å². The van der Waals surface area contributed by atoms with Crippen molar-refractivity contribution in [2.75, 3.05) is 14.2 Å². The zero-order valence-electron chi connectivity index (χ0n) is 11.8. The summed E-state index contributed by atoms with van der Waals surface area (Å²) in [5.74, 6) is 0.734.